The third-order valence-corrected chi connectivity index (χ3v) is 6.13. The first-order chi connectivity index (χ1) is 18.6. The van der Waals surface area contributed by atoms with Gasteiger partial charge in [0.1, 0.15) is 12.4 Å². The van der Waals surface area contributed by atoms with E-state index in [1.54, 1.807) is 13.3 Å². The molecule has 1 fully saturated rings. The summed E-state index contributed by atoms with van der Waals surface area (Å²) in [7, 11) is 1.55. The van der Waals surface area contributed by atoms with E-state index in [4.69, 9.17) is 14.2 Å². The molecule has 2 aromatic heterocycles. The summed E-state index contributed by atoms with van der Waals surface area (Å²) < 4.78 is 15.5. The fourth-order valence-corrected chi connectivity index (χ4v) is 4.25. The highest BCUT2D eigenvalue weighted by atomic mass is 16.6. The topological polar surface area (TPSA) is 127 Å². The molecule has 0 radical (unpaired) electrons. The van der Waals surface area contributed by atoms with Crippen LogP contribution in [0.3, 0.4) is 0 Å². The minimum absolute atomic E-state index is 0.174. The quantitative estimate of drug-likeness (QED) is 0.347. The molecular weight excluding hydrogens is 488 g/mol. The van der Waals surface area contributed by atoms with Crippen LogP contribution in [0.25, 0.3) is 21.9 Å². The SMILES string of the molecule is CCNC(=O)Nc1cc2c(-c3ccnc(CN4CCOCC4)c3)ccc(CNC(=O)OCCOC)c2cn1. The number of pyridine rings is 2. The lowest BCUT2D eigenvalue weighted by Crippen LogP contribution is -2.35. The van der Waals surface area contributed by atoms with Gasteiger partial charge in [-0.1, -0.05) is 12.1 Å². The average molecular weight is 523 g/mol. The number of rotatable bonds is 10. The van der Waals surface area contributed by atoms with Crippen LogP contribution in [0.5, 0.6) is 0 Å². The van der Waals surface area contributed by atoms with Crippen molar-refractivity contribution in [3.8, 4) is 11.1 Å². The van der Waals surface area contributed by atoms with Crippen molar-refractivity contribution in [1.29, 1.82) is 0 Å². The van der Waals surface area contributed by atoms with Gasteiger partial charge in [-0.15, -0.1) is 0 Å². The maximum atomic E-state index is 12.1. The number of benzene rings is 1. The van der Waals surface area contributed by atoms with Gasteiger partial charge in [-0.05, 0) is 47.2 Å². The summed E-state index contributed by atoms with van der Waals surface area (Å²) in [6.07, 6.45) is 3.00. The van der Waals surface area contributed by atoms with Crippen molar-refractivity contribution in [3.05, 3.63) is 54.0 Å². The fraction of sp³-hybridized carbons (Fsp3) is 0.407. The number of urea groups is 1. The highest BCUT2D eigenvalue weighted by Crippen LogP contribution is 2.32. The predicted molar refractivity (Wildman–Crippen MR) is 144 cm³/mol. The first-order valence-electron chi connectivity index (χ1n) is 12.7. The van der Waals surface area contributed by atoms with Crippen LogP contribution < -0.4 is 16.0 Å². The van der Waals surface area contributed by atoms with Crippen LogP contribution in [-0.2, 0) is 27.3 Å². The molecule has 3 amide bonds. The van der Waals surface area contributed by atoms with E-state index in [1.807, 2.05) is 37.4 Å². The van der Waals surface area contributed by atoms with Crippen molar-refractivity contribution in [3.63, 3.8) is 0 Å². The number of hydrogen-bond acceptors (Lipinski definition) is 8. The largest absolute Gasteiger partial charge is 0.447 e. The monoisotopic (exact) mass is 522 g/mol. The van der Waals surface area contributed by atoms with Crippen LogP contribution in [0.1, 0.15) is 18.2 Å². The molecule has 202 valence electrons. The number of fused-ring (bicyclic) bond motifs is 1. The molecule has 1 aliphatic heterocycles. The summed E-state index contributed by atoms with van der Waals surface area (Å²) in [6, 6.07) is 9.57. The van der Waals surface area contributed by atoms with E-state index >= 15 is 0 Å². The van der Waals surface area contributed by atoms with E-state index in [0.717, 1.165) is 66.0 Å². The van der Waals surface area contributed by atoms with E-state index in [0.29, 0.717) is 19.0 Å². The molecule has 0 bridgehead atoms. The minimum atomic E-state index is -0.524. The summed E-state index contributed by atoms with van der Waals surface area (Å²) >= 11 is 0. The maximum absolute atomic E-state index is 12.1. The van der Waals surface area contributed by atoms with E-state index < -0.39 is 6.09 Å². The number of amides is 3. The van der Waals surface area contributed by atoms with Gasteiger partial charge in [0.2, 0.25) is 0 Å². The Kier molecular flexibility index (Phi) is 9.79. The third kappa shape index (κ3) is 7.37. The standard InChI is InChI=1S/C27H34N6O5/c1-3-28-26(34)32-25-15-23-22(19-6-7-29-21(14-19)18-33-8-10-37-11-9-33)5-4-20(24(23)17-30-25)16-31-27(35)38-13-12-36-2/h4-7,14-15,17H,3,8-13,16,18H2,1-2H3,(H,31,35)(H2,28,30,32,34). The third-order valence-electron chi connectivity index (χ3n) is 6.13. The number of ether oxygens (including phenoxy) is 3. The summed E-state index contributed by atoms with van der Waals surface area (Å²) in [5, 5.41) is 10.0. The molecule has 3 aromatic rings. The highest BCUT2D eigenvalue weighted by Gasteiger charge is 2.15. The number of anilines is 1. The van der Waals surface area contributed by atoms with E-state index in [9.17, 15) is 9.59 Å². The molecule has 0 saturated carbocycles. The molecular formula is C27H34N6O5. The molecule has 3 heterocycles. The summed E-state index contributed by atoms with van der Waals surface area (Å²) in [5.41, 5.74) is 3.81. The minimum Gasteiger partial charge on any atom is -0.447 e. The van der Waals surface area contributed by atoms with Gasteiger partial charge in [0, 0.05) is 57.6 Å². The number of hydrogen-bond donors (Lipinski definition) is 3. The Labute approximate surface area is 221 Å². The Bertz CT molecular complexity index is 1250. The number of alkyl carbamates (subject to hydrolysis) is 1. The molecule has 11 nitrogen and oxygen atoms in total. The number of morpholine rings is 1. The lowest BCUT2D eigenvalue weighted by molar-refractivity contribution is 0.0336. The summed E-state index contributed by atoms with van der Waals surface area (Å²) in [4.78, 5) is 35.6. The Balaban J connectivity index is 1.64. The Morgan fingerprint density at radius 3 is 2.68 bits per heavy atom. The first kappa shape index (κ1) is 27.2. The summed E-state index contributed by atoms with van der Waals surface area (Å²) in [6.45, 7) is 7.08. The van der Waals surface area contributed by atoms with Gasteiger partial charge in [-0.25, -0.2) is 14.6 Å². The number of nitrogens with zero attached hydrogens (tertiary/aromatic N) is 3. The maximum Gasteiger partial charge on any atom is 0.407 e. The highest BCUT2D eigenvalue weighted by molar-refractivity contribution is 6.01. The molecule has 0 unspecified atom stereocenters. The Morgan fingerprint density at radius 2 is 1.89 bits per heavy atom. The van der Waals surface area contributed by atoms with E-state index in [2.05, 4.69) is 36.9 Å². The van der Waals surface area contributed by atoms with Gasteiger partial charge < -0.3 is 24.8 Å². The van der Waals surface area contributed by atoms with Crippen molar-refractivity contribution in [2.24, 2.45) is 0 Å². The van der Waals surface area contributed by atoms with Crippen molar-refractivity contribution in [1.82, 2.24) is 25.5 Å². The van der Waals surface area contributed by atoms with Crippen LogP contribution in [0.2, 0.25) is 0 Å². The number of carbonyl (C=O) groups excluding carboxylic acids is 2. The second-order valence-electron chi connectivity index (χ2n) is 8.78. The van der Waals surface area contributed by atoms with Crippen LogP contribution in [-0.4, -0.2) is 80.2 Å². The normalized spacial score (nSPS) is 13.7. The molecule has 3 N–H and O–H groups in total. The molecule has 0 aliphatic carbocycles. The smallest absolute Gasteiger partial charge is 0.407 e. The number of aromatic nitrogens is 2. The van der Waals surface area contributed by atoms with E-state index in [1.165, 1.54) is 0 Å². The lowest BCUT2D eigenvalue weighted by atomic mass is 9.96. The average Bonchev–Trinajstić information content (AvgIpc) is 2.92. The molecule has 1 saturated heterocycles. The van der Waals surface area contributed by atoms with Crippen LogP contribution in [0, 0.1) is 0 Å². The van der Waals surface area contributed by atoms with Crippen LogP contribution in [0.4, 0.5) is 15.4 Å². The van der Waals surface area contributed by atoms with Gasteiger partial charge in [0.25, 0.3) is 0 Å². The zero-order chi connectivity index (χ0) is 26.7. The number of methoxy groups -OCH3 is 1. The van der Waals surface area contributed by atoms with Crippen LogP contribution in [0.15, 0.2) is 42.7 Å². The van der Waals surface area contributed by atoms with E-state index in [-0.39, 0.29) is 19.2 Å². The second kappa shape index (κ2) is 13.7. The number of nitrogens with one attached hydrogen (secondary N) is 3. The van der Waals surface area contributed by atoms with Gasteiger partial charge in [0.15, 0.2) is 0 Å². The van der Waals surface area contributed by atoms with Crippen molar-refractivity contribution in [2.75, 3.05) is 58.5 Å². The van der Waals surface area contributed by atoms with Gasteiger partial charge in [0.05, 0.1) is 25.5 Å². The van der Waals surface area contributed by atoms with Crippen molar-refractivity contribution in [2.45, 2.75) is 20.0 Å². The predicted octanol–water partition coefficient (Wildman–Crippen LogP) is 3.14. The first-order valence-corrected chi connectivity index (χ1v) is 12.7. The van der Waals surface area contributed by atoms with Gasteiger partial charge in [-0.2, -0.15) is 0 Å². The second-order valence-corrected chi connectivity index (χ2v) is 8.78. The zero-order valence-electron chi connectivity index (χ0n) is 21.8. The van der Waals surface area contributed by atoms with Gasteiger partial charge in [-0.3, -0.25) is 15.2 Å². The molecule has 1 aromatic carbocycles. The Morgan fingerprint density at radius 1 is 1.05 bits per heavy atom. The lowest BCUT2D eigenvalue weighted by Gasteiger charge is -2.26. The summed E-state index contributed by atoms with van der Waals surface area (Å²) in [5.74, 6) is 0.427. The molecule has 0 spiro atoms. The number of carbonyl (C=O) groups is 2. The van der Waals surface area contributed by atoms with Crippen molar-refractivity contribution < 1.29 is 23.8 Å². The van der Waals surface area contributed by atoms with Gasteiger partial charge >= 0.3 is 12.1 Å². The van der Waals surface area contributed by atoms with Crippen LogP contribution >= 0.6 is 0 Å². The molecule has 4 rings (SSSR count). The fourth-order valence-electron chi connectivity index (χ4n) is 4.25. The Hall–Kier alpha value is -3.80. The molecule has 1 aliphatic rings. The van der Waals surface area contributed by atoms with Crippen molar-refractivity contribution >= 4 is 28.7 Å². The zero-order valence-corrected chi connectivity index (χ0v) is 21.8. The molecule has 0 atom stereocenters. The molecule has 38 heavy (non-hydrogen) atoms. The molecule has 11 heteroatoms.